The van der Waals surface area contributed by atoms with Crippen LogP contribution in [0.4, 0.5) is 10.1 Å². The number of hydrogen-bond donors (Lipinski definition) is 1. The second-order valence-electron chi connectivity index (χ2n) is 10.7. The Hall–Kier alpha value is -4.31. The minimum atomic E-state index is -0.658. The van der Waals surface area contributed by atoms with Crippen LogP contribution in [0.2, 0.25) is 0 Å². The van der Waals surface area contributed by atoms with E-state index in [1.165, 1.54) is 16.7 Å². The van der Waals surface area contributed by atoms with E-state index in [0.29, 0.717) is 30.0 Å². The number of fused-ring (bicyclic) bond motifs is 1. The third-order valence-corrected chi connectivity index (χ3v) is 8.35. The van der Waals surface area contributed by atoms with Gasteiger partial charge >= 0.3 is 0 Å². The molecular weight excluding hydrogens is 525 g/mol. The number of rotatable bonds is 7. The average molecular weight is 558 g/mol. The summed E-state index contributed by atoms with van der Waals surface area (Å²) in [4.78, 5) is 46.8. The Morgan fingerprint density at radius 3 is 2.56 bits per heavy atom. The van der Waals surface area contributed by atoms with Gasteiger partial charge in [-0.05, 0) is 42.7 Å². The fourth-order valence-corrected chi connectivity index (χ4v) is 5.93. The van der Waals surface area contributed by atoms with Gasteiger partial charge in [-0.1, -0.05) is 30.3 Å². The van der Waals surface area contributed by atoms with Crippen molar-refractivity contribution in [2.24, 2.45) is 0 Å². The first-order valence-corrected chi connectivity index (χ1v) is 14.0. The van der Waals surface area contributed by atoms with Gasteiger partial charge in [0.15, 0.2) is 5.82 Å². The van der Waals surface area contributed by atoms with Gasteiger partial charge in [-0.3, -0.25) is 29.6 Å². The molecule has 0 spiro atoms. The normalized spacial score (nSPS) is 20.1. The van der Waals surface area contributed by atoms with E-state index in [1.54, 1.807) is 24.4 Å². The van der Waals surface area contributed by atoms with Crippen molar-refractivity contribution < 1.29 is 23.5 Å². The maximum absolute atomic E-state index is 14.1. The van der Waals surface area contributed by atoms with Gasteiger partial charge in [0.05, 0.1) is 18.4 Å². The zero-order valence-electron chi connectivity index (χ0n) is 22.9. The third-order valence-electron chi connectivity index (χ3n) is 8.35. The van der Waals surface area contributed by atoms with Crippen LogP contribution in [0, 0.1) is 5.82 Å². The maximum Gasteiger partial charge on any atom is 0.255 e. The zero-order valence-corrected chi connectivity index (χ0v) is 22.9. The number of carbonyl (C=O) groups excluding carboxylic acids is 3. The SMILES string of the molecule is C[C@H](c1ccc(COc2cccc3c2CN([C@H]2CCC(=O)NC2=O)C3=O)cc1)N1CCN(c2ccncc2F)CC1. The summed E-state index contributed by atoms with van der Waals surface area (Å²) in [7, 11) is 0. The summed E-state index contributed by atoms with van der Waals surface area (Å²) in [5.74, 6) is -0.619. The molecule has 1 N–H and O–H groups in total. The highest BCUT2D eigenvalue weighted by Crippen LogP contribution is 2.34. The number of nitrogens with one attached hydrogen (secondary N) is 1. The van der Waals surface area contributed by atoms with E-state index in [1.807, 2.05) is 6.07 Å². The molecule has 2 fully saturated rings. The monoisotopic (exact) mass is 557 g/mol. The first-order valence-electron chi connectivity index (χ1n) is 14.0. The summed E-state index contributed by atoms with van der Waals surface area (Å²) in [6.07, 6.45) is 3.43. The van der Waals surface area contributed by atoms with Crippen molar-refractivity contribution in [2.75, 3.05) is 31.1 Å². The van der Waals surface area contributed by atoms with Gasteiger partial charge in [0.1, 0.15) is 18.4 Å². The molecule has 0 saturated carbocycles. The Bertz CT molecular complexity index is 1470. The predicted molar refractivity (Wildman–Crippen MR) is 150 cm³/mol. The molecule has 0 aliphatic carbocycles. The van der Waals surface area contributed by atoms with Crippen molar-refractivity contribution in [3.63, 3.8) is 0 Å². The molecule has 212 valence electrons. The topological polar surface area (TPSA) is 95.1 Å². The number of halogens is 1. The Morgan fingerprint density at radius 2 is 1.83 bits per heavy atom. The summed E-state index contributed by atoms with van der Waals surface area (Å²) < 4.78 is 20.3. The van der Waals surface area contributed by atoms with Crippen molar-refractivity contribution in [2.45, 2.75) is 45.0 Å². The molecule has 6 rings (SSSR count). The number of anilines is 1. The van der Waals surface area contributed by atoms with Gasteiger partial charge < -0.3 is 14.5 Å². The van der Waals surface area contributed by atoms with E-state index in [-0.39, 0.29) is 36.6 Å². The molecule has 0 radical (unpaired) electrons. The Labute approximate surface area is 237 Å². The molecule has 9 nitrogen and oxygen atoms in total. The molecule has 41 heavy (non-hydrogen) atoms. The van der Waals surface area contributed by atoms with Crippen LogP contribution in [-0.4, -0.2) is 64.7 Å². The molecule has 2 atom stereocenters. The lowest BCUT2D eigenvalue weighted by molar-refractivity contribution is -0.136. The summed E-state index contributed by atoms with van der Waals surface area (Å²) in [5.41, 5.74) is 4.10. The van der Waals surface area contributed by atoms with Crippen LogP contribution in [0.15, 0.2) is 60.9 Å². The average Bonchev–Trinajstić information content (AvgIpc) is 3.33. The number of piperidine rings is 1. The number of carbonyl (C=O) groups is 3. The number of piperazine rings is 1. The first kappa shape index (κ1) is 26.9. The minimum Gasteiger partial charge on any atom is -0.489 e. The molecule has 10 heteroatoms. The lowest BCUT2D eigenvalue weighted by atomic mass is 10.0. The molecule has 2 saturated heterocycles. The number of aromatic nitrogens is 1. The van der Waals surface area contributed by atoms with Crippen molar-refractivity contribution in [3.05, 3.63) is 89.0 Å². The number of ether oxygens (including phenoxy) is 1. The molecular formula is C31H32FN5O4. The van der Waals surface area contributed by atoms with Crippen LogP contribution >= 0.6 is 0 Å². The molecule has 4 heterocycles. The quantitative estimate of drug-likeness (QED) is 0.445. The molecule has 2 aromatic carbocycles. The lowest BCUT2D eigenvalue weighted by Crippen LogP contribution is -2.52. The standard InChI is InChI=1S/C31H32FN5O4/c1-20(35-13-15-36(16-14-35)26-11-12-33-17-25(26)32)22-7-5-21(6-8-22)19-41-28-4-2-3-23-24(28)18-37(31(23)40)27-9-10-29(38)34-30(27)39/h2-8,11-12,17,20,27H,9-10,13-16,18-19H2,1H3,(H,34,38,39)/t20-,27+/m1/s1. The van der Waals surface area contributed by atoms with Gasteiger partial charge in [-0.2, -0.15) is 0 Å². The highest BCUT2D eigenvalue weighted by atomic mass is 19.1. The van der Waals surface area contributed by atoms with Crippen LogP contribution < -0.4 is 15.0 Å². The first-order chi connectivity index (χ1) is 19.9. The highest BCUT2D eigenvalue weighted by Gasteiger charge is 2.40. The largest absolute Gasteiger partial charge is 0.489 e. The molecule has 3 amide bonds. The van der Waals surface area contributed by atoms with Gasteiger partial charge in [0.2, 0.25) is 11.8 Å². The summed E-state index contributed by atoms with van der Waals surface area (Å²) in [6.45, 7) is 5.97. The molecule has 3 aliphatic heterocycles. The van der Waals surface area contributed by atoms with Crippen LogP contribution in [0.1, 0.15) is 52.9 Å². The molecule has 3 aromatic rings. The van der Waals surface area contributed by atoms with Crippen molar-refractivity contribution in [1.29, 1.82) is 0 Å². The Morgan fingerprint density at radius 1 is 1.05 bits per heavy atom. The van der Waals surface area contributed by atoms with Crippen molar-refractivity contribution >= 4 is 23.4 Å². The van der Waals surface area contributed by atoms with Crippen LogP contribution in [0.5, 0.6) is 5.75 Å². The highest BCUT2D eigenvalue weighted by molar-refractivity contribution is 6.05. The smallest absolute Gasteiger partial charge is 0.255 e. The Kier molecular flexibility index (Phi) is 7.40. The second kappa shape index (κ2) is 11.3. The van der Waals surface area contributed by atoms with Crippen molar-refractivity contribution in [3.8, 4) is 5.75 Å². The fraction of sp³-hybridized carbons (Fsp3) is 0.355. The predicted octanol–water partition coefficient (Wildman–Crippen LogP) is 3.44. The van der Waals surface area contributed by atoms with E-state index in [2.05, 4.69) is 51.3 Å². The molecule has 0 unspecified atom stereocenters. The number of hydrogen-bond acceptors (Lipinski definition) is 7. The molecule has 1 aromatic heterocycles. The molecule has 3 aliphatic rings. The van der Waals surface area contributed by atoms with Crippen LogP contribution in [0.25, 0.3) is 0 Å². The number of nitrogens with zero attached hydrogens (tertiary/aromatic N) is 4. The van der Waals surface area contributed by atoms with Crippen LogP contribution in [0.3, 0.4) is 0 Å². The second-order valence-corrected chi connectivity index (χ2v) is 10.7. The minimum absolute atomic E-state index is 0.218. The van der Waals surface area contributed by atoms with Gasteiger partial charge in [-0.25, -0.2) is 4.39 Å². The summed E-state index contributed by atoms with van der Waals surface area (Å²) in [5, 5.41) is 2.33. The number of imide groups is 1. The van der Waals surface area contributed by atoms with E-state index in [4.69, 9.17) is 4.74 Å². The van der Waals surface area contributed by atoms with Gasteiger partial charge in [-0.15, -0.1) is 0 Å². The van der Waals surface area contributed by atoms with E-state index >= 15 is 0 Å². The van der Waals surface area contributed by atoms with Gasteiger partial charge in [0.25, 0.3) is 5.91 Å². The zero-order chi connectivity index (χ0) is 28.5. The Balaban J connectivity index is 1.06. The number of pyridine rings is 1. The summed E-state index contributed by atoms with van der Waals surface area (Å²) >= 11 is 0. The van der Waals surface area contributed by atoms with E-state index in [0.717, 1.165) is 37.3 Å². The lowest BCUT2D eigenvalue weighted by Gasteiger charge is -2.39. The number of amides is 3. The van der Waals surface area contributed by atoms with E-state index in [9.17, 15) is 18.8 Å². The molecule has 0 bridgehead atoms. The van der Waals surface area contributed by atoms with E-state index < -0.39 is 11.9 Å². The summed E-state index contributed by atoms with van der Waals surface area (Å²) in [6, 6.07) is 15.0. The number of benzene rings is 2. The van der Waals surface area contributed by atoms with Gasteiger partial charge in [0, 0.05) is 56.0 Å². The fourth-order valence-electron chi connectivity index (χ4n) is 5.93. The van der Waals surface area contributed by atoms with Crippen LogP contribution in [-0.2, 0) is 22.7 Å². The maximum atomic E-state index is 14.1. The third kappa shape index (κ3) is 5.39. The van der Waals surface area contributed by atoms with Crippen molar-refractivity contribution in [1.82, 2.24) is 20.1 Å².